The van der Waals surface area contributed by atoms with Gasteiger partial charge in [0.25, 0.3) is 0 Å². The van der Waals surface area contributed by atoms with Crippen molar-refractivity contribution < 1.29 is 13.9 Å². The molecule has 0 N–H and O–H groups in total. The van der Waals surface area contributed by atoms with Crippen molar-refractivity contribution in [1.29, 1.82) is 0 Å². The summed E-state index contributed by atoms with van der Waals surface area (Å²) in [4.78, 5) is 12.4. The molecule has 0 bridgehead atoms. The largest absolute Gasteiger partial charge is 0.457 e. The van der Waals surface area contributed by atoms with E-state index in [1.54, 1.807) is 42.5 Å². The van der Waals surface area contributed by atoms with Crippen LogP contribution in [0.25, 0.3) is 0 Å². The van der Waals surface area contributed by atoms with Gasteiger partial charge in [0.1, 0.15) is 17.3 Å². The third kappa shape index (κ3) is 3.64. The lowest BCUT2D eigenvalue weighted by atomic mass is 10.0. The maximum atomic E-state index is 13.8. The van der Waals surface area contributed by atoms with Gasteiger partial charge in [-0.05, 0) is 31.2 Å². The molecule has 0 aliphatic rings. The number of halogens is 1. The fourth-order valence-corrected chi connectivity index (χ4v) is 2.25. The first kappa shape index (κ1) is 15.0. The Morgan fingerprint density at radius 3 is 2.22 bits per heavy atom. The van der Waals surface area contributed by atoms with Crippen molar-refractivity contribution in [2.24, 2.45) is 0 Å². The molecule has 3 aromatic carbocycles. The van der Waals surface area contributed by atoms with Crippen LogP contribution in [0.15, 0.2) is 72.8 Å². The highest BCUT2D eigenvalue weighted by molar-refractivity contribution is 6.09. The van der Waals surface area contributed by atoms with Crippen LogP contribution in [0.4, 0.5) is 4.39 Å². The number of hydrogen-bond acceptors (Lipinski definition) is 2. The lowest BCUT2D eigenvalue weighted by molar-refractivity contribution is 0.103. The normalized spacial score (nSPS) is 10.3. The number of carbonyl (C=O) groups is 1. The Morgan fingerprint density at radius 1 is 0.826 bits per heavy atom. The number of rotatable bonds is 4. The molecule has 0 amide bonds. The van der Waals surface area contributed by atoms with E-state index >= 15 is 0 Å². The van der Waals surface area contributed by atoms with Crippen molar-refractivity contribution >= 4 is 5.78 Å². The first-order valence-corrected chi connectivity index (χ1v) is 7.27. The van der Waals surface area contributed by atoms with Gasteiger partial charge in [0.2, 0.25) is 0 Å². The molecule has 3 heteroatoms. The molecule has 0 saturated carbocycles. The molecule has 2 nitrogen and oxygen atoms in total. The number of ether oxygens (including phenoxy) is 1. The molecule has 0 fully saturated rings. The third-order valence-corrected chi connectivity index (χ3v) is 3.43. The predicted octanol–water partition coefficient (Wildman–Crippen LogP) is 5.16. The highest BCUT2D eigenvalue weighted by Crippen LogP contribution is 2.25. The van der Waals surface area contributed by atoms with Crippen molar-refractivity contribution in [3.63, 3.8) is 0 Å². The fraction of sp³-hybridized carbons (Fsp3) is 0.0500. The molecular weight excluding hydrogens is 291 g/mol. The van der Waals surface area contributed by atoms with Crippen LogP contribution in [0.5, 0.6) is 11.5 Å². The van der Waals surface area contributed by atoms with Gasteiger partial charge in [-0.25, -0.2) is 4.39 Å². The van der Waals surface area contributed by atoms with Crippen LogP contribution in [0.3, 0.4) is 0 Å². The van der Waals surface area contributed by atoms with Gasteiger partial charge < -0.3 is 4.74 Å². The number of ketones is 1. The van der Waals surface area contributed by atoms with Crippen LogP contribution < -0.4 is 4.74 Å². The summed E-state index contributed by atoms with van der Waals surface area (Å²) >= 11 is 0. The van der Waals surface area contributed by atoms with Crippen LogP contribution in [-0.2, 0) is 0 Å². The SMILES string of the molecule is Cc1ccc(Oc2cc(F)cc(C(=O)c3ccccc3)c2)cc1. The van der Waals surface area contributed by atoms with E-state index in [9.17, 15) is 9.18 Å². The average molecular weight is 306 g/mol. The highest BCUT2D eigenvalue weighted by atomic mass is 19.1. The molecule has 23 heavy (non-hydrogen) atoms. The van der Waals surface area contributed by atoms with Crippen molar-refractivity contribution in [3.8, 4) is 11.5 Å². The lowest BCUT2D eigenvalue weighted by Gasteiger charge is -2.08. The van der Waals surface area contributed by atoms with Crippen LogP contribution in [-0.4, -0.2) is 5.78 Å². The van der Waals surface area contributed by atoms with E-state index in [2.05, 4.69) is 0 Å². The average Bonchev–Trinajstić information content (AvgIpc) is 2.56. The lowest BCUT2D eigenvalue weighted by Crippen LogP contribution is -2.02. The highest BCUT2D eigenvalue weighted by Gasteiger charge is 2.12. The number of hydrogen-bond donors (Lipinski definition) is 0. The van der Waals surface area contributed by atoms with Gasteiger partial charge in [-0.2, -0.15) is 0 Å². The molecule has 0 radical (unpaired) electrons. The molecule has 0 aliphatic carbocycles. The topological polar surface area (TPSA) is 26.3 Å². The van der Waals surface area contributed by atoms with Gasteiger partial charge in [0, 0.05) is 17.2 Å². The molecule has 3 rings (SSSR count). The summed E-state index contributed by atoms with van der Waals surface area (Å²) in [5, 5.41) is 0. The van der Waals surface area contributed by atoms with E-state index in [0.717, 1.165) is 5.56 Å². The zero-order chi connectivity index (χ0) is 16.2. The van der Waals surface area contributed by atoms with Gasteiger partial charge in [-0.3, -0.25) is 4.79 Å². The molecule has 114 valence electrons. The van der Waals surface area contributed by atoms with Crippen molar-refractivity contribution in [2.45, 2.75) is 6.92 Å². The van der Waals surface area contributed by atoms with E-state index in [0.29, 0.717) is 17.1 Å². The standard InChI is InChI=1S/C20H15FO2/c1-14-7-9-18(10-8-14)23-19-12-16(11-17(21)13-19)20(22)15-5-3-2-4-6-15/h2-13H,1H3. The molecule has 0 heterocycles. The fourth-order valence-electron chi connectivity index (χ4n) is 2.25. The minimum Gasteiger partial charge on any atom is -0.457 e. The Bertz CT molecular complexity index is 824. The maximum absolute atomic E-state index is 13.8. The molecule has 0 unspecified atom stereocenters. The van der Waals surface area contributed by atoms with Gasteiger partial charge in [0.05, 0.1) is 0 Å². The Kier molecular flexibility index (Phi) is 4.20. The van der Waals surface area contributed by atoms with E-state index in [4.69, 9.17) is 4.74 Å². The zero-order valence-corrected chi connectivity index (χ0v) is 12.6. The van der Waals surface area contributed by atoms with Crippen LogP contribution in [0.2, 0.25) is 0 Å². The second-order valence-corrected chi connectivity index (χ2v) is 5.29. The van der Waals surface area contributed by atoms with Gasteiger partial charge in [-0.15, -0.1) is 0 Å². The van der Waals surface area contributed by atoms with Crippen molar-refractivity contribution in [1.82, 2.24) is 0 Å². The van der Waals surface area contributed by atoms with E-state index < -0.39 is 5.82 Å². The van der Waals surface area contributed by atoms with Crippen molar-refractivity contribution in [2.75, 3.05) is 0 Å². The molecule has 0 atom stereocenters. The monoisotopic (exact) mass is 306 g/mol. The van der Waals surface area contributed by atoms with Crippen molar-refractivity contribution in [3.05, 3.63) is 95.3 Å². The summed E-state index contributed by atoms with van der Waals surface area (Å²) in [5.41, 5.74) is 1.88. The molecule has 3 aromatic rings. The quantitative estimate of drug-likeness (QED) is 0.622. The van der Waals surface area contributed by atoms with Gasteiger partial charge in [0.15, 0.2) is 5.78 Å². The van der Waals surface area contributed by atoms with Crippen LogP contribution in [0.1, 0.15) is 21.5 Å². The summed E-state index contributed by atoms with van der Waals surface area (Å²) in [7, 11) is 0. The second kappa shape index (κ2) is 6.44. The van der Waals surface area contributed by atoms with E-state index in [1.807, 2.05) is 25.1 Å². The van der Waals surface area contributed by atoms with Crippen LogP contribution >= 0.6 is 0 Å². The van der Waals surface area contributed by atoms with E-state index in [-0.39, 0.29) is 11.3 Å². The Labute approximate surface area is 134 Å². The maximum Gasteiger partial charge on any atom is 0.193 e. The number of benzene rings is 3. The van der Waals surface area contributed by atoms with Gasteiger partial charge in [-0.1, -0.05) is 48.0 Å². The molecule has 0 spiro atoms. The molecule has 0 saturated heterocycles. The Morgan fingerprint density at radius 2 is 1.52 bits per heavy atom. The Hall–Kier alpha value is -2.94. The molecule has 0 aliphatic heterocycles. The minimum absolute atomic E-state index is 0.237. The molecular formula is C20H15FO2. The summed E-state index contributed by atoms with van der Waals surface area (Å²) in [6, 6.07) is 20.2. The number of carbonyl (C=O) groups excluding carboxylic acids is 1. The third-order valence-electron chi connectivity index (χ3n) is 3.43. The van der Waals surface area contributed by atoms with Crippen LogP contribution in [0, 0.1) is 12.7 Å². The first-order valence-electron chi connectivity index (χ1n) is 7.27. The summed E-state index contributed by atoms with van der Waals surface area (Å²) < 4.78 is 19.5. The number of aryl methyl sites for hydroxylation is 1. The molecule has 0 aromatic heterocycles. The van der Waals surface area contributed by atoms with Gasteiger partial charge >= 0.3 is 0 Å². The summed E-state index contributed by atoms with van der Waals surface area (Å²) in [5.74, 6) is 0.153. The summed E-state index contributed by atoms with van der Waals surface area (Å²) in [6.07, 6.45) is 0. The summed E-state index contributed by atoms with van der Waals surface area (Å²) in [6.45, 7) is 1.97. The van der Waals surface area contributed by atoms with E-state index in [1.165, 1.54) is 12.1 Å². The first-order chi connectivity index (χ1) is 11.1. The smallest absolute Gasteiger partial charge is 0.193 e. The predicted molar refractivity (Wildman–Crippen MR) is 87.5 cm³/mol. The Balaban J connectivity index is 1.90. The second-order valence-electron chi connectivity index (χ2n) is 5.29. The minimum atomic E-state index is -0.506. The zero-order valence-electron chi connectivity index (χ0n) is 12.6.